The second-order valence-corrected chi connectivity index (χ2v) is 5.05. The molecular weight excluding hydrogens is 252 g/mol. The van der Waals surface area contributed by atoms with Crippen LogP contribution in [0.4, 0.5) is 5.82 Å². The summed E-state index contributed by atoms with van der Waals surface area (Å²) in [6.45, 7) is 4.18. The van der Waals surface area contributed by atoms with Gasteiger partial charge in [0.2, 0.25) is 0 Å². The van der Waals surface area contributed by atoms with Gasteiger partial charge in [0.25, 0.3) is 0 Å². The Kier molecular flexibility index (Phi) is 2.82. The van der Waals surface area contributed by atoms with Crippen LogP contribution in [-0.4, -0.2) is 19.5 Å². The van der Waals surface area contributed by atoms with E-state index in [1.807, 2.05) is 22.7 Å². The summed E-state index contributed by atoms with van der Waals surface area (Å²) in [4.78, 5) is 8.86. The van der Waals surface area contributed by atoms with Crippen molar-refractivity contribution in [2.24, 2.45) is 0 Å². The number of fused-ring (bicyclic) bond motifs is 1. The number of aromatic hydroxyl groups is 1. The molecule has 0 spiro atoms. The first-order valence-corrected chi connectivity index (χ1v) is 6.49. The van der Waals surface area contributed by atoms with Crippen molar-refractivity contribution in [1.82, 2.24) is 14.4 Å². The van der Waals surface area contributed by atoms with Crippen LogP contribution < -0.4 is 5.73 Å². The number of rotatable bonds is 2. The summed E-state index contributed by atoms with van der Waals surface area (Å²) in [7, 11) is 0. The minimum Gasteiger partial charge on any atom is -0.508 e. The van der Waals surface area contributed by atoms with Gasteiger partial charge in [0.1, 0.15) is 28.6 Å². The van der Waals surface area contributed by atoms with Crippen molar-refractivity contribution < 1.29 is 5.11 Å². The van der Waals surface area contributed by atoms with Gasteiger partial charge in [-0.05, 0) is 24.3 Å². The molecule has 0 amide bonds. The lowest BCUT2D eigenvalue weighted by Crippen LogP contribution is -1.99. The summed E-state index contributed by atoms with van der Waals surface area (Å²) >= 11 is 0. The second kappa shape index (κ2) is 4.52. The van der Waals surface area contributed by atoms with Crippen LogP contribution >= 0.6 is 0 Å². The predicted molar refractivity (Wildman–Crippen MR) is 78.6 cm³/mol. The fourth-order valence-electron chi connectivity index (χ4n) is 2.31. The number of hydrogen-bond donors (Lipinski definition) is 2. The average molecular weight is 268 g/mol. The third-order valence-corrected chi connectivity index (χ3v) is 3.27. The summed E-state index contributed by atoms with van der Waals surface area (Å²) in [5.74, 6) is 1.90. The Hall–Kier alpha value is -2.56. The van der Waals surface area contributed by atoms with Gasteiger partial charge in [-0.25, -0.2) is 9.97 Å². The SMILES string of the molecule is CC(C)c1nc(-c2ccc(O)cc2)c2c(N)nccn12. The molecule has 3 aromatic rings. The van der Waals surface area contributed by atoms with Crippen LogP contribution in [0.25, 0.3) is 16.8 Å². The van der Waals surface area contributed by atoms with E-state index in [0.29, 0.717) is 5.82 Å². The van der Waals surface area contributed by atoms with Crippen molar-refractivity contribution in [3.8, 4) is 17.0 Å². The Labute approximate surface area is 116 Å². The lowest BCUT2D eigenvalue weighted by atomic mass is 10.1. The molecule has 0 aliphatic carbocycles. The van der Waals surface area contributed by atoms with Crippen LogP contribution in [0.2, 0.25) is 0 Å². The highest BCUT2D eigenvalue weighted by atomic mass is 16.3. The minimum atomic E-state index is 0.229. The van der Waals surface area contributed by atoms with E-state index in [2.05, 4.69) is 18.8 Å². The van der Waals surface area contributed by atoms with Crippen molar-refractivity contribution in [2.75, 3.05) is 5.73 Å². The molecule has 2 heterocycles. The van der Waals surface area contributed by atoms with Crippen molar-refractivity contribution >= 4 is 11.3 Å². The third-order valence-electron chi connectivity index (χ3n) is 3.27. The highest BCUT2D eigenvalue weighted by Gasteiger charge is 2.17. The summed E-state index contributed by atoms with van der Waals surface area (Å²) < 4.78 is 1.98. The van der Waals surface area contributed by atoms with Gasteiger partial charge in [0.05, 0.1) is 0 Å². The first-order valence-electron chi connectivity index (χ1n) is 6.49. The zero-order valence-corrected chi connectivity index (χ0v) is 11.4. The van der Waals surface area contributed by atoms with Gasteiger partial charge in [0, 0.05) is 23.9 Å². The van der Waals surface area contributed by atoms with Crippen LogP contribution in [-0.2, 0) is 0 Å². The molecule has 20 heavy (non-hydrogen) atoms. The summed E-state index contributed by atoms with van der Waals surface area (Å²) in [5, 5.41) is 9.40. The van der Waals surface area contributed by atoms with Gasteiger partial charge < -0.3 is 10.8 Å². The Morgan fingerprint density at radius 3 is 2.55 bits per heavy atom. The van der Waals surface area contributed by atoms with Crippen molar-refractivity contribution in [3.63, 3.8) is 0 Å². The first-order chi connectivity index (χ1) is 9.58. The van der Waals surface area contributed by atoms with Gasteiger partial charge in [0.15, 0.2) is 0 Å². The zero-order chi connectivity index (χ0) is 14.3. The molecule has 3 N–H and O–H groups in total. The van der Waals surface area contributed by atoms with E-state index in [-0.39, 0.29) is 11.7 Å². The van der Waals surface area contributed by atoms with Crippen molar-refractivity contribution in [3.05, 3.63) is 42.5 Å². The average Bonchev–Trinajstić information content (AvgIpc) is 2.81. The maximum Gasteiger partial charge on any atom is 0.150 e. The number of benzene rings is 1. The molecule has 0 atom stereocenters. The molecule has 0 unspecified atom stereocenters. The van der Waals surface area contributed by atoms with Crippen LogP contribution in [0, 0.1) is 0 Å². The molecule has 0 saturated heterocycles. The lowest BCUT2D eigenvalue weighted by molar-refractivity contribution is 0.475. The zero-order valence-electron chi connectivity index (χ0n) is 11.4. The topological polar surface area (TPSA) is 76.4 Å². The number of aromatic nitrogens is 3. The highest BCUT2D eigenvalue weighted by molar-refractivity contribution is 5.85. The Bertz CT molecular complexity index is 759. The van der Waals surface area contributed by atoms with Gasteiger partial charge in [-0.3, -0.25) is 4.40 Å². The number of anilines is 1. The number of phenolic OH excluding ortho intramolecular Hbond substituents is 1. The van der Waals surface area contributed by atoms with E-state index in [4.69, 9.17) is 10.7 Å². The second-order valence-electron chi connectivity index (χ2n) is 5.05. The van der Waals surface area contributed by atoms with Gasteiger partial charge >= 0.3 is 0 Å². The fraction of sp³-hybridized carbons (Fsp3) is 0.200. The van der Waals surface area contributed by atoms with Crippen LogP contribution in [0.5, 0.6) is 5.75 Å². The molecule has 0 bridgehead atoms. The van der Waals surface area contributed by atoms with E-state index in [0.717, 1.165) is 22.6 Å². The standard InChI is InChI=1S/C15H16N4O/c1-9(2)15-18-12(10-3-5-11(20)6-4-10)13-14(16)17-7-8-19(13)15/h3-9,20H,1-2H3,(H2,16,17). The quantitative estimate of drug-likeness (QED) is 0.749. The molecule has 0 fully saturated rings. The third kappa shape index (κ3) is 1.87. The summed E-state index contributed by atoms with van der Waals surface area (Å²) in [6, 6.07) is 6.94. The monoisotopic (exact) mass is 268 g/mol. The van der Waals surface area contributed by atoms with Crippen molar-refractivity contribution in [2.45, 2.75) is 19.8 Å². The van der Waals surface area contributed by atoms with Crippen LogP contribution in [0.1, 0.15) is 25.6 Å². The minimum absolute atomic E-state index is 0.229. The maximum atomic E-state index is 9.40. The normalized spacial score (nSPS) is 11.3. The predicted octanol–water partition coefficient (Wildman–Crippen LogP) is 2.81. The number of nitrogen functional groups attached to an aromatic ring is 1. The Morgan fingerprint density at radius 1 is 1.20 bits per heavy atom. The van der Waals surface area contributed by atoms with E-state index in [1.165, 1.54) is 0 Å². The number of nitrogens with two attached hydrogens (primary N) is 1. The maximum absolute atomic E-state index is 9.40. The lowest BCUT2D eigenvalue weighted by Gasteiger charge is -2.04. The molecule has 0 saturated carbocycles. The number of imidazole rings is 1. The van der Waals surface area contributed by atoms with E-state index >= 15 is 0 Å². The molecule has 3 rings (SSSR count). The largest absolute Gasteiger partial charge is 0.508 e. The molecule has 0 aliphatic rings. The Balaban J connectivity index is 2.33. The van der Waals surface area contributed by atoms with Crippen molar-refractivity contribution in [1.29, 1.82) is 0 Å². The first kappa shape index (κ1) is 12.5. The van der Waals surface area contributed by atoms with Gasteiger partial charge in [-0.15, -0.1) is 0 Å². The molecule has 1 aromatic carbocycles. The molecule has 2 aromatic heterocycles. The van der Waals surface area contributed by atoms with Crippen LogP contribution in [0.15, 0.2) is 36.7 Å². The van der Waals surface area contributed by atoms with E-state index < -0.39 is 0 Å². The smallest absolute Gasteiger partial charge is 0.150 e. The molecule has 0 aliphatic heterocycles. The summed E-state index contributed by atoms with van der Waals surface area (Å²) in [6.07, 6.45) is 3.55. The number of phenols is 1. The van der Waals surface area contributed by atoms with Gasteiger partial charge in [-0.2, -0.15) is 0 Å². The fourth-order valence-corrected chi connectivity index (χ4v) is 2.31. The molecule has 102 valence electrons. The Morgan fingerprint density at radius 2 is 1.90 bits per heavy atom. The number of nitrogens with zero attached hydrogens (tertiary/aromatic N) is 3. The number of hydrogen-bond acceptors (Lipinski definition) is 4. The molecule has 0 radical (unpaired) electrons. The van der Waals surface area contributed by atoms with E-state index in [1.54, 1.807) is 18.3 Å². The molecule has 5 heteroatoms. The van der Waals surface area contributed by atoms with Gasteiger partial charge in [-0.1, -0.05) is 13.8 Å². The highest BCUT2D eigenvalue weighted by Crippen LogP contribution is 2.30. The van der Waals surface area contributed by atoms with Crippen LogP contribution in [0.3, 0.4) is 0 Å². The molecule has 5 nitrogen and oxygen atoms in total. The molecular formula is C15H16N4O. The van der Waals surface area contributed by atoms with E-state index in [9.17, 15) is 5.11 Å². The summed E-state index contributed by atoms with van der Waals surface area (Å²) in [5.41, 5.74) is 8.52.